The van der Waals surface area contributed by atoms with E-state index >= 15 is 0 Å². The quantitative estimate of drug-likeness (QED) is 0.912. The highest BCUT2D eigenvalue weighted by Gasteiger charge is 2.12. The third kappa shape index (κ3) is 2.59. The molecule has 1 aromatic carbocycles. The molecule has 0 atom stereocenters. The van der Waals surface area contributed by atoms with E-state index in [1.807, 2.05) is 18.2 Å². The van der Waals surface area contributed by atoms with Gasteiger partial charge >= 0.3 is 0 Å². The number of fused-ring (bicyclic) bond motifs is 1. The molecule has 0 aliphatic carbocycles. The molecule has 1 aromatic heterocycles. The Bertz CT molecular complexity index is 611. The fourth-order valence-corrected chi connectivity index (χ4v) is 2.00. The van der Waals surface area contributed by atoms with E-state index in [0.29, 0.717) is 12.3 Å². The zero-order chi connectivity index (χ0) is 13.8. The third-order valence-electron chi connectivity index (χ3n) is 2.87. The predicted molar refractivity (Wildman–Crippen MR) is 72.4 cm³/mol. The number of ether oxygens (including phenoxy) is 2. The Morgan fingerprint density at radius 1 is 1.21 bits per heavy atom. The van der Waals surface area contributed by atoms with Crippen molar-refractivity contribution in [3.05, 3.63) is 30.1 Å². The summed E-state index contributed by atoms with van der Waals surface area (Å²) in [6, 6.07) is 5.55. The lowest BCUT2D eigenvalue weighted by molar-refractivity contribution is -0.119. The van der Waals surface area contributed by atoms with Gasteiger partial charge in [0.05, 0.1) is 31.8 Å². The topological polar surface area (TPSA) is 60.5 Å². The molecule has 0 aliphatic rings. The SMILES string of the molecule is COc1ccc(OC)c2c(CNC(C)=O)nccc12. The van der Waals surface area contributed by atoms with Crippen LogP contribution in [0.5, 0.6) is 11.5 Å². The van der Waals surface area contributed by atoms with Crippen molar-refractivity contribution >= 4 is 16.7 Å². The van der Waals surface area contributed by atoms with Crippen LogP contribution in [0.25, 0.3) is 10.8 Å². The molecule has 0 aliphatic heterocycles. The maximum atomic E-state index is 11.0. The van der Waals surface area contributed by atoms with Gasteiger partial charge in [-0.3, -0.25) is 9.78 Å². The number of nitrogens with zero attached hydrogens (tertiary/aromatic N) is 1. The van der Waals surface area contributed by atoms with Crippen LogP contribution in [0.2, 0.25) is 0 Å². The average molecular weight is 260 g/mol. The van der Waals surface area contributed by atoms with E-state index in [0.717, 1.165) is 22.2 Å². The Balaban J connectivity index is 2.60. The highest BCUT2D eigenvalue weighted by molar-refractivity contribution is 5.95. The number of nitrogens with one attached hydrogen (secondary N) is 1. The first-order chi connectivity index (χ1) is 9.17. The van der Waals surface area contributed by atoms with Crippen molar-refractivity contribution < 1.29 is 14.3 Å². The molecule has 2 aromatic rings. The molecule has 1 N–H and O–H groups in total. The van der Waals surface area contributed by atoms with Gasteiger partial charge in [-0.2, -0.15) is 0 Å². The van der Waals surface area contributed by atoms with Crippen molar-refractivity contribution in [2.24, 2.45) is 0 Å². The number of hydrogen-bond donors (Lipinski definition) is 1. The number of aromatic nitrogens is 1. The third-order valence-corrected chi connectivity index (χ3v) is 2.87. The molecule has 0 spiro atoms. The minimum absolute atomic E-state index is 0.0966. The van der Waals surface area contributed by atoms with Crippen LogP contribution in [0.1, 0.15) is 12.6 Å². The normalized spacial score (nSPS) is 10.3. The maximum absolute atomic E-state index is 11.0. The fourth-order valence-electron chi connectivity index (χ4n) is 2.00. The molecule has 0 saturated heterocycles. The summed E-state index contributed by atoms with van der Waals surface area (Å²) in [5, 5.41) is 4.52. The van der Waals surface area contributed by atoms with Gasteiger partial charge in [-0.05, 0) is 18.2 Å². The molecule has 0 saturated carbocycles. The summed E-state index contributed by atoms with van der Waals surface area (Å²) in [6.45, 7) is 1.83. The molecule has 0 radical (unpaired) electrons. The number of carbonyl (C=O) groups excluding carboxylic acids is 1. The molecule has 100 valence electrons. The van der Waals surface area contributed by atoms with Gasteiger partial charge in [0.25, 0.3) is 0 Å². The minimum Gasteiger partial charge on any atom is -0.496 e. The molecule has 2 rings (SSSR count). The van der Waals surface area contributed by atoms with E-state index in [4.69, 9.17) is 9.47 Å². The monoisotopic (exact) mass is 260 g/mol. The Morgan fingerprint density at radius 2 is 1.89 bits per heavy atom. The molecule has 19 heavy (non-hydrogen) atoms. The first-order valence-corrected chi connectivity index (χ1v) is 5.90. The van der Waals surface area contributed by atoms with E-state index in [2.05, 4.69) is 10.3 Å². The molecule has 0 bridgehead atoms. The largest absolute Gasteiger partial charge is 0.496 e. The van der Waals surface area contributed by atoms with Crippen molar-refractivity contribution in [1.29, 1.82) is 0 Å². The number of benzene rings is 1. The lowest BCUT2D eigenvalue weighted by atomic mass is 10.1. The van der Waals surface area contributed by atoms with E-state index in [-0.39, 0.29) is 5.91 Å². The first kappa shape index (κ1) is 13.1. The highest BCUT2D eigenvalue weighted by atomic mass is 16.5. The van der Waals surface area contributed by atoms with Crippen molar-refractivity contribution in [2.75, 3.05) is 14.2 Å². The Labute approximate surface area is 111 Å². The average Bonchev–Trinajstić information content (AvgIpc) is 2.43. The van der Waals surface area contributed by atoms with Crippen molar-refractivity contribution in [3.63, 3.8) is 0 Å². The van der Waals surface area contributed by atoms with E-state index in [1.165, 1.54) is 6.92 Å². The molecule has 0 fully saturated rings. The summed E-state index contributed by atoms with van der Waals surface area (Å²) in [4.78, 5) is 15.3. The van der Waals surface area contributed by atoms with Crippen LogP contribution < -0.4 is 14.8 Å². The smallest absolute Gasteiger partial charge is 0.217 e. The molecular weight excluding hydrogens is 244 g/mol. The fraction of sp³-hybridized carbons (Fsp3) is 0.286. The van der Waals surface area contributed by atoms with Gasteiger partial charge in [-0.1, -0.05) is 0 Å². The zero-order valence-electron chi connectivity index (χ0n) is 11.2. The van der Waals surface area contributed by atoms with Gasteiger partial charge in [-0.25, -0.2) is 0 Å². The van der Waals surface area contributed by atoms with E-state index in [1.54, 1.807) is 20.4 Å². The van der Waals surface area contributed by atoms with Crippen molar-refractivity contribution in [1.82, 2.24) is 10.3 Å². The van der Waals surface area contributed by atoms with Crippen molar-refractivity contribution in [2.45, 2.75) is 13.5 Å². The van der Waals surface area contributed by atoms with Gasteiger partial charge < -0.3 is 14.8 Å². The minimum atomic E-state index is -0.0966. The lowest BCUT2D eigenvalue weighted by Gasteiger charge is -2.13. The van der Waals surface area contributed by atoms with Crippen molar-refractivity contribution in [3.8, 4) is 11.5 Å². The molecule has 1 heterocycles. The van der Waals surface area contributed by atoms with Gasteiger partial charge in [-0.15, -0.1) is 0 Å². The summed E-state index contributed by atoms with van der Waals surface area (Å²) in [7, 11) is 3.23. The van der Waals surface area contributed by atoms with Crippen LogP contribution in [-0.2, 0) is 11.3 Å². The summed E-state index contributed by atoms with van der Waals surface area (Å²) < 4.78 is 10.7. The lowest BCUT2D eigenvalue weighted by Crippen LogP contribution is -2.19. The second-order valence-corrected chi connectivity index (χ2v) is 4.06. The second-order valence-electron chi connectivity index (χ2n) is 4.06. The molecule has 5 heteroatoms. The number of methoxy groups -OCH3 is 2. The van der Waals surface area contributed by atoms with Gasteiger partial charge in [0.1, 0.15) is 11.5 Å². The maximum Gasteiger partial charge on any atom is 0.217 e. The van der Waals surface area contributed by atoms with Crippen LogP contribution in [0.15, 0.2) is 24.4 Å². The summed E-state index contributed by atoms with van der Waals surface area (Å²) in [6.07, 6.45) is 1.70. The van der Waals surface area contributed by atoms with Gasteiger partial charge in [0.2, 0.25) is 5.91 Å². The highest BCUT2D eigenvalue weighted by Crippen LogP contribution is 2.34. The zero-order valence-corrected chi connectivity index (χ0v) is 11.2. The number of rotatable bonds is 4. The Hall–Kier alpha value is -2.30. The Morgan fingerprint density at radius 3 is 2.53 bits per heavy atom. The predicted octanol–water partition coefficient (Wildman–Crippen LogP) is 1.89. The summed E-state index contributed by atoms with van der Waals surface area (Å²) >= 11 is 0. The number of pyridine rings is 1. The standard InChI is InChI=1S/C14H16N2O3/c1-9(17)16-8-11-14-10(6-7-15-11)12(18-2)4-5-13(14)19-3/h4-7H,8H2,1-3H3,(H,16,17). The number of amides is 1. The van der Waals surface area contributed by atoms with Gasteiger partial charge in [0, 0.05) is 18.5 Å². The van der Waals surface area contributed by atoms with Crippen LogP contribution in [0.3, 0.4) is 0 Å². The van der Waals surface area contributed by atoms with E-state index in [9.17, 15) is 4.79 Å². The van der Waals surface area contributed by atoms with Gasteiger partial charge in [0.15, 0.2) is 0 Å². The molecule has 1 amide bonds. The van der Waals surface area contributed by atoms with Crippen LogP contribution in [0, 0.1) is 0 Å². The number of hydrogen-bond acceptors (Lipinski definition) is 4. The van der Waals surface area contributed by atoms with Crippen LogP contribution >= 0.6 is 0 Å². The Kier molecular flexibility index (Phi) is 3.85. The molecule has 0 unspecified atom stereocenters. The van der Waals surface area contributed by atoms with Crippen LogP contribution in [-0.4, -0.2) is 25.1 Å². The second kappa shape index (κ2) is 5.56. The van der Waals surface area contributed by atoms with Crippen LogP contribution in [0.4, 0.5) is 0 Å². The summed E-state index contributed by atoms with van der Waals surface area (Å²) in [5.41, 5.74) is 0.753. The molecule has 5 nitrogen and oxygen atoms in total. The molecular formula is C14H16N2O3. The summed E-state index contributed by atoms with van der Waals surface area (Å²) in [5.74, 6) is 1.37. The first-order valence-electron chi connectivity index (χ1n) is 5.90. The number of carbonyl (C=O) groups is 1. The van der Waals surface area contributed by atoms with E-state index < -0.39 is 0 Å².